The van der Waals surface area contributed by atoms with Crippen molar-refractivity contribution in [2.45, 2.75) is 32.6 Å². The van der Waals surface area contributed by atoms with E-state index >= 15 is 0 Å². The maximum absolute atomic E-state index is 11.7. The van der Waals surface area contributed by atoms with Crippen molar-refractivity contribution in [1.29, 1.82) is 0 Å². The monoisotopic (exact) mass is 283 g/mol. The summed E-state index contributed by atoms with van der Waals surface area (Å²) < 4.78 is 40.2. The van der Waals surface area contributed by atoms with Gasteiger partial charge in [-0.15, -0.1) is 0 Å². The maximum Gasteiger partial charge on any atom is 0.306 e. The highest BCUT2D eigenvalue weighted by atomic mass is 32.2. The van der Waals surface area contributed by atoms with E-state index in [1.807, 2.05) is 0 Å². The molecule has 0 fully saturated rings. The summed E-state index contributed by atoms with van der Waals surface area (Å²) >= 11 is 0. The number of sulfonamides is 1. The molecule has 0 spiro atoms. The van der Waals surface area contributed by atoms with Crippen molar-refractivity contribution in [3.63, 3.8) is 0 Å². The Morgan fingerprint density at radius 2 is 1.83 bits per heavy atom. The molecule has 0 bridgehead atoms. The molecule has 1 unspecified atom stereocenters. The van der Waals surface area contributed by atoms with Crippen molar-refractivity contribution in [2.24, 2.45) is 0 Å². The zero-order chi connectivity index (χ0) is 14.2. The molecule has 1 atom stereocenters. The van der Waals surface area contributed by atoms with Gasteiger partial charge in [0.2, 0.25) is 10.0 Å². The first-order valence-electron chi connectivity index (χ1n) is 5.57. The Kier molecular flexibility index (Phi) is 8.08. The molecular formula is C10H21NO6S. The van der Waals surface area contributed by atoms with Crippen LogP contribution in [0.5, 0.6) is 0 Å². The number of carbonyl (C=O) groups is 1. The van der Waals surface area contributed by atoms with E-state index in [0.717, 1.165) is 0 Å². The fourth-order valence-corrected chi connectivity index (χ4v) is 2.58. The molecule has 0 aliphatic rings. The Morgan fingerprint density at radius 1 is 1.28 bits per heavy atom. The number of ether oxygens (including phenoxy) is 3. The summed E-state index contributed by atoms with van der Waals surface area (Å²) in [5.41, 5.74) is 0. The fourth-order valence-electron chi connectivity index (χ4n) is 1.35. The van der Waals surface area contributed by atoms with Gasteiger partial charge in [-0.3, -0.25) is 4.79 Å². The van der Waals surface area contributed by atoms with Gasteiger partial charge < -0.3 is 14.2 Å². The average Bonchev–Trinajstić information content (AvgIpc) is 2.28. The van der Waals surface area contributed by atoms with E-state index < -0.39 is 28.3 Å². The van der Waals surface area contributed by atoms with Crippen molar-refractivity contribution < 1.29 is 27.4 Å². The van der Waals surface area contributed by atoms with E-state index in [4.69, 9.17) is 9.47 Å². The van der Waals surface area contributed by atoms with Crippen LogP contribution in [0.3, 0.4) is 0 Å². The number of nitrogens with one attached hydrogen (secondary N) is 1. The van der Waals surface area contributed by atoms with E-state index in [1.165, 1.54) is 14.2 Å². The summed E-state index contributed by atoms with van der Waals surface area (Å²) in [5, 5.41) is 0. The van der Waals surface area contributed by atoms with Gasteiger partial charge >= 0.3 is 5.97 Å². The molecule has 0 amide bonds. The zero-order valence-electron chi connectivity index (χ0n) is 11.1. The number of methoxy groups -OCH3 is 2. The van der Waals surface area contributed by atoms with Crippen LogP contribution in [-0.4, -0.2) is 53.3 Å². The van der Waals surface area contributed by atoms with Gasteiger partial charge in [0.15, 0.2) is 6.29 Å². The Bertz CT molecular complexity index is 338. The van der Waals surface area contributed by atoms with E-state index in [-0.39, 0.29) is 18.8 Å². The highest BCUT2D eigenvalue weighted by Gasteiger charge is 2.22. The van der Waals surface area contributed by atoms with Crippen molar-refractivity contribution in [1.82, 2.24) is 4.72 Å². The molecule has 7 nitrogen and oxygen atoms in total. The van der Waals surface area contributed by atoms with Gasteiger partial charge in [0.25, 0.3) is 0 Å². The quantitative estimate of drug-likeness (QED) is 0.468. The smallest absolute Gasteiger partial charge is 0.306 e. The van der Waals surface area contributed by atoms with Crippen molar-refractivity contribution in [3.8, 4) is 0 Å². The average molecular weight is 283 g/mol. The van der Waals surface area contributed by atoms with Crippen LogP contribution in [0, 0.1) is 0 Å². The van der Waals surface area contributed by atoms with E-state index in [1.54, 1.807) is 13.8 Å². The summed E-state index contributed by atoms with van der Waals surface area (Å²) in [6.45, 7) is 3.51. The lowest BCUT2D eigenvalue weighted by Gasteiger charge is -2.21. The van der Waals surface area contributed by atoms with Crippen molar-refractivity contribution in [3.05, 3.63) is 0 Å². The van der Waals surface area contributed by atoms with Crippen LogP contribution in [0.4, 0.5) is 0 Å². The minimum atomic E-state index is -3.57. The van der Waals surface area contributed by atoms with E-state index in [9.17, 15) is 13.2 Å². The Balaban J connectivity index is 4.26. The number of esters is 1. The molecule has 0 rings (SSSR count). The van der Waals surface area contributed by atoms with Crippen LogP contribution in [-0.2, 0) is 29.0 Å². The van der Waals surface area contributed by atoms with Crippen LogP contribution in [0.2, 0.25) is 0 Å². The van der Waals surface area contributed by atoms with E-state index in [0.29, 0.717) is 0 Å². The van der Waals surface area contributed by atoms with Gasteiger partial charge in [-0.25, -0.2) is 13.1 Å². The Hall–Kier alpha value is -0.700. The number of rotatable bonds is 9. The number of hydrogen-bond donors (Lipinski definition) is 1. The van der Waals surface area contributed by atoms with Gasteiger partial charge in [-0.1, -0.05) is 0 Å². The molecule has 0 aromatic carbocycles. The van der Waals surface area contributed by atoms with E-state index in [2.05, 4.69) is 9.46 Å². The first-order chi connectivity index (χ1) is 8.36. The molecular weight excluding hydrogens is 262 g/mol. The first-order valence-corrected chi connectivity index (χ1v) is 7.22. The van der Waals surface area contributed by atoms with Gasteiger partial charge in [-0.05, 0) is 13.8 Å². The molecule has 0 radical (unpaired) electrons. The first kappa shape index (κ1) is 17.3. The predicted octanol–water partition coefficient (Wildman–Crippen LogP) is -0.134. The minimum Gasteiger partial charge on any atom is -0.466 e. The van der Waals surface area contributed by atoms with Gasteiger partial charge in [-0.2, -0.15) is 0 Å². The summed E-state index contributed by atoms with van der Waals surface area (Å²) in [5.74, 6) is -0.860. The van der Waals surface area contributed by atoms with Crippen LogP contribution < -0.4 is 4.72 Å². The van der Waals surface area contributed by atoms with Crippen LogP contribution in [0.25, 0.3) is 0 Å². The highest BCUT2D eigenvalue weighted by molar-refractivity contribution is 7.89. The van der Waals surface area contributed by atoms with Gasteiger partial charge in [0.05, 0.1) is 24.8 Å². The molecule has 0 aliphatic carbocycles. The second-order valence-electron chi connectivity index (χ2n) is 3.62. The van der Waals surface area contributed by atoms with Crippen LogP contribution in [0.15, 0.2) is 0 Å². The second-order valence-corrected chi connectivity index (χ2v) is 5.49. The summed E-state index contributed by atoms with van der Waals surface area (Å²) in [6, 6.07) is -0.549. The standard InChI is InChI=1S/C10H21NO6S/c1-5-17-9(12)6-7-18(13,14)11-8(2)10(15-3)16-4/h8,10-11H,5-7H2,1-4H3. The molecule has 108 valence electrons. The summed E-state index contributed by atoms with van der Waals surface area (Å²) in [7, 11) is -0.742. The van der Waals surface area contributed by atoms with Gasteiger partial charge in [0.1, 0.15) is 0 Å². The predicted molar refractivity (Wildman–Crippen MR) is 65.4 cm³/mol. The SMILES string of the molecule is CCOC(=O)CCS(=O)(=O)NC(C)C(OC)OC. The normalized spacial score (nSPS) is 13.6. The third-order valence-electron chi connectivity index (χ3n) is 2.12. The van der Waals surface area contributed by atoms with Crippen molar-refractivity contribution >= 4 is 16.0 Å². The molecule has 0 aromatic heterocycles. The molecule has 0 aliphatic heterocycles. The van der Waals surface area contributed by atoms with Crippen LogP contribution >= 0.6 is 0 Å². The Morgan fingerprint density at radius 3 is 2.28 bits per heavy atom. The zero-order valence-corrected chi connectivity index (χ0v) is 12.0. The lowest BCUT2D eigenvalue weighted by molar-refractivity contribution is -0.142. The molecule has 18 heavy (non-hydrogen) atoms. The number of carbonyl (C=O) groups excluding carboxylic acids is 1. The molecule has 0 aromatic rings. The molecule has 0 heterocycles. The van der Waals surface area contributed by atoms with Crippen molar-refractivity contribution in [2.75, 3.05) is 26.6 Å². The van der Waals surface area contributed by atoms with Gasteiger partial charge in [0, 0.05) is 14.2 Å². The summed E-state index contributed by atoms with van der Waals surface area (Å²) in [6.07, 6.45) is -0.858. The largest absolute Gasteiger partial charge is 0.466 e. The maximum atomic E-state index is 11.7. The molecule has 0 saturated heterocycles. The second kappa shape index (κ2) is 8.41. The molecule has 1 N–H and O–H groups in total. The fraction of sp³-hybridized carbons (Fsp3) is 0.900. The third kappa shape index (κ3) is 6.90. The third-order valence-corrected chi connectivity index (χ3v) is 3.59. The lowest BCUT2D eigenvalue weighted by Crippen LogP contribution is -2.44. The molecule has 0 saturated carbocycles. The summed E-state index contributed by atoms with van der Waals surface area (Å²) in [4.78, 5) is 11.1. The van der Waals surface area contributed by atoms with Crippen LogP contribution in [0.1, 0.15) is 20.3 Å². The molecule has 8 heteroatoms. The highest BCUT2D eigenvalue weighted by Crippen LogP contribution is 2.02. The number of hydrogen-bond acceptors (Lipinski definition) is 6. The topological polar surface area (TPSA) is 90.9 Å². The minimum absolute atomic E-state index is 0.180. The Labute approximate surface area is 108 Å². The lowest BCUT2D eigenvalue weighted by atomic mass is 10.3.